The number of phenols is 1. The van der Waals surface area contributed by atoms with Crippen molar-refractivity contribution in [2.24, 2.45) is 5.10 Å². The number of hydrazone groups is 1. The van der Waals surface area contributed by atoms with E-state index >= 15 is 0 Å². The molecule has 1 amide bonds. The van der Waals surface area contributed by atoms with Crippen LogP contribution in [0.1, 0.15) is 18.1 Å². The van der Waals surface area contributed by atoms with Gasteiger partial charge in [0, 0.05) is 5.56 Å². The molecule has 0 radical (unpaired) electrons. The highest BCUT2D eigenvalue weighted by molar-refractivity contribution is 7.99. The molecule has 8 heteroatoms. The number of nitrogens with zero attached hydrogens (tertiary/aromatic N) is 3. The Morgan fingerprint density at radius 2 is 1.76 bits per heavy atom. The van der Waals surface area contributed by atoms with Gasteiger partial charge in [-0.25, -0.2) is 10.4 Å². The smallest absolute Gasteiger partial charge is 0.266 e. The van der Waals surface area contributed by atoms with Gasteiger partial charge in [-0.3, -0.25) is 14.2 Å². The minimum Gasteiger partial charge on any atom is -0.507 e. The molecule has 0 unspecified atom stereocenters. The first kappa shape index (κ1) is 22.3. The van der Waals surface area contributed by atoms with Crippen molar-refractivity contribution in [2.45, 2.75) is 19.0 Å². The van der Waals surface area contributed by atoms with Crippen molar-refractivity contribution in [1.29, 1.82) is 0 Å². The zero-order chi connectivity index (χ0) is 23.4. The Balaban J connectivity index is 1.59. The molecule has 1 heterocycles. The first-order valence-corrected chi connectivity index (χ1v) is 11.3. The summed E-state index contributed by atoms with van der Waals surface area (Å²) in [5.41, 5.74) is 5.65. The van der Waals surface area contributed by atoms with E-state index in [-0.39, 0.29) is 23.0 Å². The highest BCUT2D eigenvalue weighted by Crippen LogP contribution is 2.22. The van der Waals surface area contributed by atoms with Crippen molar-refractivity contribution in [2.75, 3.05) is 5.75 Å². The minimum atomic E-state index is -0.354. The van der Waals surface area contributed by atoms with Crippen molar-refractivity contribution in [3.63, 3.8) is 0 Å². The van der Waals surface area contributed by atoms with E-state index in [2.05, 4.69) is 15.5 Å². The molecule has 33 heavy (non-hydrogen) atoms. The van der Waals surface area contributed by atoms with E-state index in [0.717, 1.165) is 17.3 Å². The van der Waals surface area contributed by atoms with Crippen LogP contribution in [0.15, 0.2) is 87.8 Å². The predicted octanol–water partition coefficient (Wildman–Crippen LogP) is 4.03. The van der Waals surface area contributed by atoms with E-state index in [1.165, 1.54) is 4.57 Å². The van der Waals surface area contributed by atoms with E-state index in [0.29, 0.717) is 33.0 Å². The number of carbonyl (C=O) groups is 1. The number of carbonyl (C=O) groups excluding carboxylic acids is 1. The third kappa shape index (κ3) is 4.96. The number of nitrogens with one attached hydrogen (secondary N) is 1. The van der Waals surface area contributed by atoms with Crippen LogP contribution in [0.5, 0.6) is 5.75 Å². The molecule has 0 aliphatic rings. The fourth-order valence-electron chi connectivity index (χ4n) is 3.28. The normalized spacial score (nSPS) is 11.5. The van der Waals surface area contributed by atoms with Crippen molar-refractivity contribution < 1.29 is 9.90 Å². The van der Waals surface area contributed by atoms with Crippen LogP contribution in [-0.4, -0.2) is 32.0 Å². The van der Waals surface area contributed by atoms with Crippen LogP contribution in [0.4, 0.5) is 0 Å². The molecule has 3 aromatic carbocycles. The van der Waals surface area contributed by atoms with Crippen LogP contribution in [0.3, 0.4) is 0 Å². The Kier molecular flexibility index (Phi) is 6.55. The zero-order valence-corrected chi connectivity index (χ0v) is 19.0. The van der Waals surface area contributed by atoms with E-state index in [4.69, 9.17) is 0 Å². The van der Waals surface area contributed by atoms with Crippen LogP contribution in [0.2, 0.25) is 0 Å². The molecule has 0 aliphatic carbocycles. The number of hydrogen-bond acceptors (Lipinski definition) is 6. The third-order valence-electron chi connectivity index (χ3n) is 5.01. The highest BCUT2D eigenvalue weighted by Gasteiger charge is 2.15. The highest BCUT2D eigenvalue weighted by atomic mass is 32.2. The summed E-state index contributed by atoms with van der Waals surface area (Å²) in [5.74, 6) is -0.258. The number of rotatable bonds is 6. The summed E-state index contributed by atoms with van der Waals surface area (Å²) >= 11 is 1.15. The molecular formula is C25H22N4O3S. The summed E-state index contributed by atoms with van der Waals surface area (Å²) in [7, 11) is 0. The van der Waals surface area contributed by atoms with Gasteiger partial charge >= 0.3 is 0 Å². The molecule has 4 aromatic rings. The number of hydrogen-bond donors (Lipinski definition) is 2. The number of amides is 1. The fraction of sp³-hybridized carbons (Fsp3) is 0.120. The Hall–Kier alpha value is -3.91. The van der Waals surface area contributed by atoms with Gasteiger partial charge in [0.2, 0.25) is 0 Å². The average Bonchev–Trinajstić information content (AvgIpc) is 2.82. The molecule has 166 valence electrons. The average molecular weight is 459 g/mol. The fourth-order valence-corrected chi connectivity index (χ4v) is 4.08. The Labute approximate surface area is 194 Å². The Bertz CT molecular complexity index is 1410. The lowest BCUT2D eigenvalue weighted by Crippen LogP contribution is -2.24. The topological polar surface area (TPSA) is 96.6 Å². The summed E-state index contributed by atoms with van der Waals surface area (Å²) < 4.78 is 1.52. The van der Waals surface area contributed by atoms with Crippen LogP contribution in [0, 0.1) is 6.92 Å². The number of aromatic hydroxyl groups is 1. The van der Waals surface area contributed by atoms with Crippen LogP contribution in [0.25, 0.3) is 16.6 Å². The van der Waals surface area contributed by atoms with Crippen molar-refractivity contribution >= 4 is 34.3 Å². The minimum absolute atomic E-state index is 0.00813. The SMILES string of the molecule is CC(=NNC(=O)CSc1nc2ccccc2c(=O)n1-c1ccc(C)cc1)c1ccccc1O. The third-order valence-corrected chi connectivity index (χ3v) is 5.95. The molecule has 4 rings (SSSR count). The van der Waals surface area contributed by atoms with E-state index in [9.17, 15) is 14.7 Å². The monoisotopic (exact) mass is 458 g/mol. The first-order valence-electron chi connectivity index (χ1n) is 10.3. The molecule has 0 atom stereocenters. The molecule has 0 aliphatic heterocycles. The number of phenolic OH excluding ortho intramolecular Hbond substituents is 1. The van der Waals surface area contributed by atoms with Gasteiger partial charge in [-0.2, -0.15) is 5.10 Å². The van der Waals surface area contributed by atoms with Gasteiger partial charge in [0.05, 0.1) is 28.1 Å². The summed E-state index contributed by atoms with van der Waals surface area (Å²) in [5, 5.41) is 14.9. The first-order chi connectivity index (χ1) is 15.9. The van der Waals surface area contributed by atoms with Crippen molar-refractivity contribution in [3.05, 3.63) is 94.3 Å². The van der Waals surface area contributed by atoms with Gasteiger partial charge in [-0.1, -0.05) is 53.7 Å². The van der Waals surface area contributed by atoms with E-state index in [1.807, 2.05) is 37.3 Å². The molecule has 2 N–H and O–H groups in total. The lowest BCUT2D eigenvalue weighted by Gasteiger charge is -2.13. The molecule has 1 aromatic heterocycles. The summed E-state index contributed by atoms with van der Waals surface area (Å²) in [6.07, 6.45) is 0. The van der Waals surface area contributed by atoms with Gasteiger partial charge in [0.1, 0.15) is 5.75 Å². The lowest BCUT2D eigenvalue weighted by atomic mass is 10.1. The van der Waals surface area contributed by atoms with E-state index in [1.54, 1.807) is 49.4 Å². The van der Waals surface area contributed by atoms with Gasteiger partial charge in [-0.15, -0.1) is 0 Å². The molecule has 7 nitrogen and oxygen atoms in total. The second kappa shape index (κ2) is 9.70. The van der Waals surface area contributed by atoms with Crippen molar-refractivity contribution in [3.8, 4) is 11.4 Å². The number of para-hydroxylation sites is 2. The molecular weight excluding hydrogens is 436 g/mol. The van der Waals surface area contributed by atoms with Gasteiger partial charge < -0.3 is 5.11 Å². The molecule has 0 spiro atoms. The standard InChI is InChI=1S/C25H22N4O3S/c1-16-11-13-18(14-12-16)29-24(32)20-8-3-5-9-21(20)26-25(29)33-15-23(31)28-27-17(2)19-7-4-6-10-22(19)30/h3-14,30H,15H2,1-2H3,(H,28,31). The molecule has 0 bridgehead atoms. The molecule has 0 saturated heterocycles. The lowest BCUT2D eigenvalue weighted by molar-refractivity contribution is -0.118. The Morgan fingerprint density at radius 1 is 1.06 bits per heavy atom. The number of thioether (sulfide) groups is 1. The number of aryl methyl sites for hydroxylation is 1. The predicted molar refractivity (Wildman–Crippen MR) is 131 cm³/mol. The molecule has 0 saturated carbocycles. The maximum absolute atomic E-state index is 13.2. The maximum Gasteiger partial charge on any atom is 0.266 e. The number of benzene rings is 3. The van der Waals surface area contributed by atoms with Crippen LogP contribution < -0.4 is 11.0 Å². The van der Waals surface area contributed by atoms with Crippen LogP contribution >= 0.6 is 11.8 Å². The van der Waals surface area contributed by atoms with E-state index < -0.39 is 0 Å². The zero-order valence-electron chi connectivity index (χ0n) is 18.1. The Morgan fingerprint density at radius 3 is 2.52 bits per heavy atom. The largest absolute Gasteiger partial charge is 0.507 e. The summed E-state index contributed by atoms with van der Waals surface area (Å²) in [4.78, 5) is 30.3. The number of aromatic nitrogens is 2. The quantitative estimate of drug-likeness (QED) is 0.197. The second-order valence-corrected chi connectivity index (χ2v) is 8.37. The maximum atomic E-state index is 13.2. The number of fused-ring (bicyclic) bond motifs is 1. The van der Waals surface area contributed by atoms with Gasteiger partial charge in [-0.05, 0) is 50.2 Å². The van der Waals surface area contributed by atoms with Gasteiger partial charge in [0.25, 0.3) is 11.5 Å². The molecule has 0 fully saturated rings. The second-order valence-electron chi connectivity index (χ2n) is 7.43. The van der Waals surface area contributed by atoms with Gasteiger partial charge in [0.15, 0.2) is 5.16 Å². The summed E-state index contributed by atoms with van der Waals surface area (Å²) in [6, 6.07) is 21.5. The summed E-state index contributed by atoms with van der Waals surface area (Å²) in [6.45, 7) is 3.67. The van der Waals surface area contributed by atoms with Crippen LogP contribution in [-0.2, 0) is 4.79 Å². The van der Waals surface area contributed by atoms with Crippen molar-refractivity contribution in [1.82, 2.24) is 15.0 Å².